The van der Waals surface area contributed by atoms with Crippen LogP contribution < -0.4 is 10.6 Å². The number of hydrogen-bond acceptors (Lipinski definition) is 5. The van der Waals surface area contributed by atoms with E-state index >= 15 is 0 Å². The molecule has 9 heteroatoms. The van der Waals surface area contributed by atoms with E-state index in [-0.39, 0.29) is 23.8 Å². The summed E-state index contributed by atoms with van der Waals surface area (Å²) in [6.07, 6.45) is 2.88. The molecule has 0 aliphatic carbocycles. The lowest BCUT2D eigenvalue weighted by Crippen LogP contribution is -2.43. The van der Waals surface area contributed by atoms with Crippen molar-refractivity contribution < 1.29 is 19.1 Å². The third kappa shape index (κ3) is 6.93. The van der Waals surface area contributed by atoms with Crippen molar-refractivity contribution in [2.75, 3.05) is 23.7 Å². The first-order valence-corrected chi connectivity index (χ1v) is 11.8. The van der Waals surface area contributed by atoms with Gasteiger partial charge in [-0.15, -0.1) is 0 Å². The van der Waals surface area contributed by atoms with Crippen molar-refractivity contribution in [3.8, 4) is 0 Å². The van der Waals surface area contributed by atoms with E-state index in [0.717, 1.165) is 12.0 Å². The molecule has 0 unspecified atom stereocenters. The van der Waals surface area contributed by atoms with Crippen molar-refractivity contribution in [3.05, 3.63) is 52.7 Å². The number of likely N-dealkylation sites (tertiary alicyclic amines) is 1. The molecule has 182 valence electrons. The van der Waals surface area contributed by atoms with Gasteiger partial charge in [0.2, 0.25) is 5.91 Å². The number of anilines is 2. The Balaban J connectivity index is 1.67. The summed E-state index contributed by atoms with van der Waals surface area (Å²) < 4.78 is 5.42. The van der Waals surface area contributed by atoms with Crippen LogP contribution in [0.1, 0.15) is 56.5 Å². The van der Waals surface area contributed by atoms with Crippen LogP contribution in [0.25, 0.3) is 0 Å². The average Bonchev–Trinajstić information content (AvgIpc) is 2.79. The Bertz CT molecular complexity index is 1040. The highest BCUT2D eigenvalue weighted by Crippen LogP contribution is 2.24. The third-order valence-corrected chi connectivity index (χ3v) is 5.70. The van der Waals surface area contributed by atoms with Crippen LogP contribution in [-0.2, 0) is 16.0 Å². The van der Waals surface area contributed by atoms with E-state index in [0.29, 0.717) is 48.0 Å². The van der Waals surface area contributed by atoms with Gasteiger partial charge in [0, 0.05) is 25.2 Å². The maximum Gasteiger partial charge on any atom is 0.410 e. The molecule has 0 radical (unpaired) electrons. The lowest BCUT2D eigenvalue weighted by molar-refractivity contribution is -0.121. The van der Waals surface area contributed by atoms with E-state index in [1.165, 1.54) is 6.20 Å². The molecule has 0 spiro atoms. The molecule has 0 bridgehead atoms. The maximum atomic E-state index is 13.0. The predicted octanol–water partition coefficient (Wildman–Crippen LogP) is 5.14. The lowest BCUT2D eigenvalue weighted by atomic mass is 9.95. The van der Waals surface area contributed by atoms with Crippen molar-refractivity contribution in [2.45, 2.75) is 52.6 Å². The first-order valence-electron chi connectivity index (χ1n) is 11.4. The summed E-state index contributed by atoms with van der Waals surface area (Å²) in [6, 6.07) is 8.65. The highest BCUT2D eigenvalue weighted by molar-refractivity contribution is 6.30. The minimum Gasteiger partial charge on any atom is -0.444 e. The number of amides is 3. The van der Waals surface area contributed by atoms with Gasteiger partial charge in [0.1, 0.15) is 11.4 Å². The first kappa shape index (κ1) is 25.5. The third-order valence-electron chi connectivity index (χ3n) is 5.48. The summed E-state index contributed by atoms with van der Waals surface area (Å²) in [7, 11) is 0. The number of nitrogens with zero attached hydrogens (tertiary/aromatic N) is 2. The Labute approximate surface area is 205 Å². The van der Waals surface area contributed by atoms with Crippen LogP contribution in [0.15, 0.2) is 36.5 Å². The zero-order valence-electron chi connectivity index (χ0n) is 20.0. The number of aryl methyl sites for hydroxylation is 1. The second-order valence-corrected chi connectivity index (χ2v) is 9.72. The molecule has 3 rings (SSSR count). The Hall–Kier alpha value is -3.13. The molecule has 1 aromatic carbocycles. The number of halogens is 1. The van der Waals surface area contributed by atoms with Crippen molar-refractivity contribution in [2.24, 2.45) is 5.92 Å². The van der Waals surface area contributed by atoms with Crippen LogP contribution in [0, 0.1) is 5.92 Å². The van der Waals surface area contributed by atoms with Crippen LogP contribution in [-0.4, -0.2) is 46.5 Å². The summed E-state index contributed by atoms with van der Waals surface area (Å²) in [4.78, 5) is 44.0. The number of ether oxygens (including phenoxy) is 1. The summed E-state index contributed by atoms with van der Waals surface area (Å²) in [5, 5.41) is 6.13. The zero-order valence-corrected chi connectivity index (χ0v) is 20.7. The quantitative estimate of drug-likeness (QED) is 0.609. The average molecular weight is 487 g/mol. The Morgan fingerprint density at radius 2 is 1.82 bits per heavy atom. The van der Waals surface area contributed by atoms with Crippen LogP contribution in [0.3, 0.4) is 0 Å². The number of rotatable bonds is 5. The highest BCUT2D eigenvalue weighted by atomic mass is 35.5. The molecule has 3 amide bonds. The second-order valence-electron chi connectivity index (χ2n) is 9.28. The summed E-state index contributed by atoms with van der Waals surface area (Å²) in [5.74, 6) is -0.451. The molecule has 2 N–H and O–H groups in total. The molecule has 0 saturated carbocycles. The van der Waals surface area contributed by atoms with Gasteiger partial charge in [0.05, 0.1) is 16.3 Å². The lowest BCUT2D eigenvalue weighted by Gasteiger charge is -2.33. The van der Waals surface area contributed by atoms with Gasteiger partial charge in [-0.3, -0.25) is 9.59 Å². The molecule has 1 fully saturated rings. The van der Waals surface area contributed by atoms with E-state index in [9.17, 15) is 14.4 Å². The minimum atomic E-state index is -0.561. The van der Waals surface area contributed by atoms with E-state index in [2.05, 4.69) is 15.6 Å². The number of carbonyl (C=O) groups is 3. The molecular formula is C25H31ClN4O4. The summed E-state index contributed by atoms with van der Waals surface area (Å²) in [5.41, 5.74) is 1.20. The van der Waals surface area contributed by atoms with Gasteiger partial charge in [-0.2, -0.15) is 0 Å². The number of nitrogens with one attached hydrogen (secondary N) is 2. The van der Waals surface area contributed by atoms with Crippen LogP contribution in [0.2, 0.25) is 5.02 Å². The van der Waals surface area contributed by atoms with Crippen molar-refractivity contribution in [1.82, 2.24) is 9.88 Å². The second kappa shape index (κ2) is 10.9. The van der Waals surface area contributed by atoms with Gasteiger partial charge >= 0.3 is 6.09 Å². The number of carbonyl (C=O) groups excluding carboxylic acids is 3. The van der Waals surface area contributed by atoms with E-state index in [1.807, 2.05) is 33.8 Å². The molecule has 34 heavy (non-hydrogen) atoms. The number of benzene rings is 1. The van der Waals surface area contributed by atoms with Crippen LogP contribution >= 0.6 is 11.6 Å². The molecule has 1 aliphatic rings. The number of piperidine rings is 1. The van der Waals surface area contributed by atoms with E-state index in [1.54, 1.807) is 29.2 Å². The molecule has 8 nitrogen and oxygen atoms in total. The fourth-order valence-electron chi connectivity index (χ4n) is 3.63. The summed E-state index contributed by atoms with van der Waals surface area (Å²) >= 11 is 5.86. The van der Waals surface area contributed by atoms with E-state index in [4.69, 9.17) is 16.3 Å². The van der Waals surface area contributed by atoms with Gasteiger partial charge in [0.25, 0.3) is 5.91 Å². The maximum absolute atomic E-state index is 13.0. The standard InChI is InChI=1S/C25H31ClN4O4/c1-5-16-6-8-20(19(14-16)23(32)29-21-9-7-18(26)15-27-21)28-22(31)17-10-12-30(13-11-17)24(33)34-25(2,3)4/h6-9,14-15,17H,5,10-13H2,1-4H3,(H,28,31)(H,27,29,32). The molecule has 1 aromatic heterocycles. The smallest absolute Gasteiger partial charge is 0.410 e. The number of hydrogen-bond donors (Lipinski definition) is 2. The monoisotopic (exact) mass is 486 g/mol. The topological polar surface area (TPSA) is 101 Å². The Kier molecular flexibility index (Phi) is 8.15. The zero-order chi connectivity index (χ0) is 24.9. The van der Waals surface area contributed by atoms with Crippen molar-refractivity contribution in [1.29, 1.82) is 0 Å². The number of pyridine rings is 1. The molecule has 1 saturated heterocycles. The molecule has 0 atom stereocenters. The predicted molar refractivity (Wildman–Crippen MR) is 132 cm³/mol. The number of aromatic nitrogens is 1. The van der Waals surface area contributed by atoms with Crippen molar-refractivity contribution in [3.63, 3.8) is 0 Å². The van der Waals surface area contributed by atoms with Gasteiger partial charge in [-0.1, -0.05) is 24.6 Å². The Morgan fingerprint density at radius 1 is 1.12 bits per heavy atom. The first-order chi connectivity index (χ1) is 16.1. The van der Waals surface area contributed by atoms with Gasteiger partial charge < -0.3 is 20.3 Å². The van der Waals surface area contributed by atoms with Crippen molar-refractivity contribution >= 4 is 41.0 Å². The fraction of sp³-hybridized carbons (Fsp3) is 0.440. The largest absolute Gasteiger partial charge is 0.444 e. The van der Waals surface area contributed by atoms with Crippen LogP contribution in [0.4, 0.5) is 16.3 Å². The Morgan fingerprint density at radius 3 is 2.41 bits per heavy atom. The molecule has 2 heterocycles. The van der Waals surface area contributed by atoms with Gasteiger partial charge in [0.15, 0.2) is 0 Å². The highest BCUT2D eigenvalue weighted by Gasteiger charge is 2.30. The molecular weight excluding hydrogens is 456 g/mol. The SMILES string of the molecule is CCc1ccc(NC(=O)C2CCN(C(=O)OC(C)(C)C)CC2)c(C(=O)Nc2ccc(Cl)cn2)c1. The van der Waals surface area contributed by atoms with Gasteiger partial charge in [-0.05, 0) is 69.9 Å². The molecule has 2 aromatic rings. The minimum absolute atomic E-state index is 0.174. The summed E-state index contributed by atoms with van der Waals surface area (Å²) in [6.45, 7) is 8.35. The van der Waals surface area contributed by atoms with E-state index < -0.39 is 5.60 Å². The normalized spacial score (nSPS) is 14.4. The molecule has 1 aliphatic heterocycles. The fourth-order valence-corrected chi connectivity index (χ4v) is 3.74. The van der Waals surface area contributed by atoms with Crippen LogP contribution in [0.5, 0.6) is 0 Å². The van der Waals surface area contributed by atoms with Gasteiger partial charge in [-0.25, -0.2) is 9.78 Å².